The van der Waals surface area contributed by atoms with E-state index in [2.05, 4.69) is 13.2 Å². The van der Waals surface area contributed by atoms with E-state index < -0.39 is 0 Å². The Morgan fingerprint density at radius 2 is 2.22 bits per heavy atom. The summed E-state index contributed by atoms with van der Waals surface area (Å²) >= 11 is 6.74. The van der Waals surface area contributed by atoms with Gasteiger partial charge in [-0.05, 0) is 37.5 Å². The maximum atomic E-state index is 13.8. The molecular formula is C13H19FN2S2. The fourth-order valence-electron chi connectivity index (χ4n) is 1.77. The fourth-order valence-corrected chi connectivity index (χ4v) is 2.55. The van der Waals surface area contributed by atoms with Gasteiger partial charge < -0.3 is 10.6 Å². The molecule has 1 unspecified atom stereocenters. The average Bonchev–Trinajstić information content (AvgIpc) is 2.34. The van der Waals surface area contributed by atoms with Gasteiger partial charge in [0.1, 0.15) is 10.8 Å². The summed E-state index contributed by atoms with van der Waals surface area (Å²) < 4.78 is 13.8. The summed E-state index contributed by atoms with van der Waals surface area (Å²) in [7, 11) is 1.95. The quantitative estimate of drug-likeness (QED) is 0.814. The van der Waals surface area contributed by atoms with Gasteiger partial charge >= 0.3 is 0 Å². The first-order valence-electron chi connectivity index (χ1n) is 5.79. The second kappa shape index (κ2) is 6.95. The van der Waals surface area contributed by atoms with E-state index in [0.717, 1.165) is 17.9 Å². The van der Waals surface area contributed by atoms with Crippen LogP contribution in [0.4, 0.5) is 10.1 Å². The van der Waals surface area contributed by atoms with Crippen LogP contribution in [0.15, 0.2) is 18.2 Å². The van der Waals surface area contributed by atoms with Crippen LogP contribution in [-0.4, -0.2) is 30.1 Å². The molecule has 0 bridgehead atoms. The van der Waals surface area contributed by atoms with Gasteiger partial charge in [-0.3, -0.25) is 0 Å². The molecule has 100 valence electrons. The van der Waals surface area contributed by atoms with Crippen LogP contribution in [0.3, 0.4) is 0 Å². The molecule has 0 aliphatic carbocycles. The van der Waals surface area contributed by atoms with Crippen molar-refractivity contribution in [2.75, 3.05) is 24.0 Å². The lowest BCUT2D eigenvalue weighted by Gasteiger charge is -2.29. The zero-order valence-corrected chi connectivity index (χ0v) is 12.6. The van der Waals surface area contributed by atoms with Crippen LogP contribution in [0.5, 0.6) is 0 Å². The molecular weight excluding hydrogens is 267 g/mol. The highest BCUT2D eigenvalue weighted by molar-refractivity contribution is 7.98. The Hall–Kier alpha value is -0.810. The lowest BCUT2D eigenvalue weighted by Crippen LogP contribution is -2.31. The molecule has 0 spiro atoms. The molecule has 1 atom stereocenters. The number of nitrogens with zero attached hydrogens (tertiary/aromatic N) is 1. The predicted molar refractivity (Wildman–Crippen MR) is 83.2 cm³/mol. The maximum absolute atomic E-state index is 13.8. The van der Waals surface area contributed by atoms with E-state index in [0.29, 0.717) is 11.6 Å². The Morgan fingerprint density at radius 1 is 1.56 bits per heavy atom. The van der Waals surface area contributed by atoms with Gasteiger partial charge in [0, 0.05) is 18.8 Å². The number of rotatable bonds is 6. The molecule has 2 nitrogen and oxygen atoms in total. The second-order valence-corrected chi connectivity index (χ2v) is 5.67. The number of thiocarbonyl (C=S) groups is 1. The van der Waals surface area contributed by atoms with Crippen LogP contribution in [0.25, 0.3) is 0 Å². The molecule has 0 radical (unpaired) electrons. The van der Waals surface area contributed by atoms with Crippen LogP contribution in [-0.2, 0) is 0 Å². The lowest BCUT2D eigenvalue weighted by atomic mass is 10.1. The van der Waals surface area contributed by atoms with Gasteiger partial charge in [-0.1, -0.05) is 18.3 Å². The lowest BCUT2D eigenvalue weighted by molar-refractivity contribution is 0.620. The standard InChI is InChI=1S/C13H19FN2S2/c1-9(7-8-18-3)16(2)11-6-4-5-10(14)12(11)13(15)17/h4-6,9H,7-8H2,1-3H3,(H2,15,17). The van der Waals surface area contributed by atoms with Crippen molar-refractivity contribution >= 4 is 34.7 Å². The number of anilines is 1. The van der Waals surface area contributed by atoms with E-state index in [1.54, 1.807) is 17.8 Å². The maximum Gasteiger partial charge on any atom is 0.135 e. The van der Waals surface area contributed by atoms with Crippen LogP contribution < -0.4 is 10.6 Å². The van der Waals surface area contributed by atoms with Crippen LogP contribution >= 0.6 is 24.0 Å². The molecule has 5 heteroatoms. The van der Waals surface area contributed by atoms with Gasteiger partial charge in [-0.25, -0.2) is 4.39 Å². The zero-order valence-electron chi connectivity index (χ0n) is 10.9. The van der Waals surface area contributed by atoms with Crippen molar-refractivity contribution in [2.45, 2.75) is 19.4 Å². The monoisotopic (exact) mass is 286 g/mol. The van der Waals surface area contributed by atoms with Gasteiger partial charge in [0.05, 0.1) is 5.56 Å². The molecule has 0 heterocycles. The molecule has 0 saturated carbocycles. The fraction of sp³-hybridized carbons (Fsp3) is 0.462. The third-order valence-corrected chi connectivity index (χ3v) is 3.87. The molecule has 18 heavy (non-hydrogen) atoms. The highest BCUT2D eigenvalue weighted by atomic mass is 32.2. The normalized spacial score (nSPS) is 12.2. The average molecular weight is 286 g/mol. The Bertz CT molecular complexity index is 423. The summed E-state index contributed by atoms with van der Waals surface area (Å²) in [5, 5.41) is 0. The first-order chi connectivity index (χ1) is 8.49. The highest BCUT2D eigenvalue weighted by Gasteiger charge is 2.17. The van der Waals surface area contributed by atoms with Crippen molar-refractivity contribution in [3.8, 4) is 0 Å². The van der Waals surface area contributed by atoms with Crippen molar-refractivity contribution in [2.24, 2.45) is 5.73 Å². The van der Waals surface area contributed by atoms with Crippen molar-refractivity contribution in [3.05, 3.63) is 29.6 Å². The van der Waals surface area contributed by atoms with E-state index in [9.17, 15) is 4.39 Å². The van der Waals surface area contributed by atoms with E-state index in [1.807, 2.05) is 18.0 Å². The third-order valence-electron chi connectivity index (χ3n) is 3.02. The molecule has 1 aromatic carbocycles. The van der Waals surface area contributed by atoms with E-state index in [1.165, 1.54) is 6.07 Å². The summed E-state index contributed by atoms with van der Waals surface area (Å²) in [5.74, 6) is 0.715. The molecule has 1 rings (SSSR count). The van der Waals surface area contributed by atoms with E-state index in [4.69, 9.17) is 18.0 Å². The van der Waals surface area contributed by atoms with Crippen molar-refractivity contribution < 1.29 is 4.39 Å². The Labute approximate surface area is 118 Å². The van der Waals surface area contributed by atoms with Crippen LogP contribution in [0.1, 0.15) is 18.9 Å². The largest absolute Gasteiger partial charge is 0.389 e. The van der Waals surface area contributed by atoms with Crippen LogP contribution in [0.2, 0.25) is 0 Å². The summed E-state index contributed by atoms with van der Waals surface area (Å²) in [6, 6.07) is 5.24. The number of thioether (sulfide) groups is 1. The predicted octanol–water partition coefficient (Wildman–Crippen LogP) is 3.04. The van der Waals surface area contributed by atoms with Gasteiger partial charge in [-0.2, -0.15) is 11.8 Å². The zero-order chi connectivity index (χ0) is 13.7. The molecule has 0 aromatic heterocycles. The topological polar surface area (TPSA) is 29.3 Å². The summed E-state index contributed by atoms with van der Waals surface area (Å²) in [6.07, 6.45) is 3.11. The number of hydrogen-bond donors (Lipinski definition) is 1. The number of halogens is 1. The van der Waals surface area contributed by atoms with Crippen LogP contribution in [0, 0.1) is 5.82 Å². The third kappa shape index (κ3) is 3.59. The Balaban J connectivity index is 3.01. The SMILES string of the molecule is CSCCC(C)N(C)c1cccc(F)c1C(N)=S. The highest BCUT2D eigenvalue weighted by Crippen LogP contribution is 2.25. The summed E-state index contributed by atoms with van der Waals surface area (Å²) in [5.41, 5.74) is 6.71. The number of hydrogen-bond acceptors (Lipinski definition) is 3. The number of nitrogens with two attached hydrogens (primary N) is 1. The Kier molecular flexibility index (Phi) is 5.88. The Morgan fingerprint density at radius 3 is 2.78 bits per heavy atom. The molecule has 1 aromatic rings. The minimum atomic E-state index is -0.357. The van der Waals surface area contributed by atoms with E-state index >= 15 is 0 Å². The van der Waals surface area contributed by atoms with Crippen molar-refractivity contribution in [3.63, 3.8) is 0 Å². The first-order valence-corrected chi connectivity index (χ1v) is 7.59. The summed E-state index contributed by atoms with van der Waals surface area (Å²) in [4.78, 5) is 2.14. The molecule has 0 fully saturated rings. The molecule has 0 aliphatic heterocycles. The van der Waals surface area contributed by atoms with Gasteiger partial charge in [0.2, 0.25) is 0 Å². The van der Waals surface area contributed by atoms with Gasteiger partial charge in [0.25, 0.3) is 0 Å². The van der Waals surface area contributed by atoms with Crippen molar-refractivity contribution in [1.29, 1.82) is 0 Å². The van der Waals surface area contributed by atoms with Gasteiger partial charge in [0.15, 0.2) is 0 Å². The molecule has 0 saturated heterocycles. The van der Waals surface area contributed by atoms with Gasteiger partial charge in [-0.15, -0.1) is 0 Å². The minimum Gasteiger partial charge on any atom is -0.389 e. The molecule has 0 amide bonds. The smallest absolute Gasteiger partial charge is 0.135 e. The molecule has 0 aliphatic rings. The second-order valence-electron chi connectivity index (χ2n) is 4.24. The first kappa shape index (κ1) is 15.2. The minimum absolute atomic E-state index is 0.104. The van der Waals surface area contributed by atoms with Crippen molar-refractivity contribution in [1.82, 2.24) is 0 Å². The van der Waals surface area contributed by atoms with E-state index in [-0.39, 0.29) is 10.8 Å². The summed E-state index contributed by atoms with van der Waals surface area (Å²) in [6.45, 7) is 2.12. The number of benzene rings is 1. The molecule has 2 N–H and O–H groups in total.